The quantitative estimate of drug-likeness (QED) is 0.569. The molecule has 1 atom stereocenters. The summed E-state index contributed by atoms with van der Waals surface area (Å²) < 4.78 is 2.18. The van der Waals surface area contributed by atoms with Gasteiger partial charge in [0, 0.05) is 56.5 Å². The molecule has 10 nitrogen and oxygen atoms in total. The maximum atomic E-state index is 12.9. The molecule has 2 aliphatic rings. The molecule has 180 valence electrons. The van der Waals surface area contributed by atoms with E-state index in [0.717, 1.165) is 37.0 Å². The molecule has 3 aromatic rings. The second-order valence-electron chi connectivity index (χ2n) is 9.25. The van der Waals surface area contributed by atoms with Gasteiger partial charge in [-0.05, 0) is 42.5 Å². The molecule has 2 aromatic heterocycles. The summed E-state index contributed by atoms with van der Waals surface area (Å²) in [4.78, 5) is 39.2. The van der Waals surface area contributed by atoms with Crippen molar-refractivity contribution < 1.29 is 9.59 Å². The number of rotatable bonds is 6. The summed E-state index contributed by atoms with van der Waals surface area (Å²) in [5, 5.41) is 9.98. The third-order valence-corrected chi connectivity index (χ3v) is 6.92. The predicted octanol–water partition coefficient (Wildman–Crippen LogP) is 1.07. The monoisotopic (exact) mass is 472 g/mol. The van der Waals surface area contributed by atoms with Crippen molar-refractivity contribution in [2.75, 3.05) is 50.7 Å². The Morgan fingerprint density at radius 3 is 2.57 bits per heavy atom. The number of aromatic nitrogens is 3. The van der Waals surface area contributed by atoms with E-state index in [1.807, 2.05) is 28.0 Å². The van der Waals surface area contributed by atoms with E-state index in [1.54, 1.807) is 6.07 Å². The number of primary amides is 1. The number of nitriles is 1. The fourth-order valence-corrected chi connectivity index (χ4v) is 4.97. The molecule has 35 heavy (non-hydrogen) atoms. The highest BCUT2D eigenvalue weighted by atomic mass is 16.2. The Morgan fingerprint density at radius 1 is 1.09 bits per heavy atom. The van der Waals surface area contributed by atoms with Gasteiger partial charge in [-0.15, -0.1) is 0 Å². The minimum absolute atomic E-state index is 0.156. The van der Waals surface area contributed by atoms with E-state index in [9.17, 15) is 9.59 Å². The molecule has 2 N–H and O–H groups in total. The molecule has 1 unspecified atom stereocenters. The molecular formula is C25H28N8O2. The molecule has 10 heteroatoms. The first-order valence-corrected chi connectivity index (χ1v) is 11.9. The third kappa shape index (κ3) is 4.95. The first kappa shape index (κ1) is 22.8. The molecule has 0 bridgehead atoms. The van der Waals surface area contributed by atoms with Gasteiger partial charge in [0.15, 0.2) is 0 Å². The largest absolute Gasteiger partial charge is 0.366 e. The van der Waals surface area contributed by atoms with E-state index in [4.69, 9.17) is 11.0 Å². The van der Waals surface area contributed by atoms with Crippen molar-refractivity contribution in [2.45, 2.75) is 13.0 Å². The van der Waals surface area contributed by atoms with Crippen molar-refractivity contribution in [2.24, 2.45) is 11.7 Å². The molecule has 2 amide bonds. The summed E-state index contributed by atoms with van der Waals surface area (Å²) in [7, 11) is 0. The van der Waals surface area contributed by atoms with Crippen molar-refractivity contribution in [3.63, 3.8) is 0 Å². The summed E-state index contributed by atoms with van der Waals surface area (Å²) >= 11 is 0. The van der Waals surface area contributed by atoms with E-state index in [1.165, 1.54) is 12.4 Å². The molecule has 0 saturated carbocycles. The van der Waals surface area contributed by atoms with Crippen molar-refractivity contribution in [3.05, 3.63) is 54.0 Å². The molecule has 2 saturated heterocycles. The summed E-state index contributed by atoms with van der Waals surface area (Å²) in [5.41, 5.74) is 7.42. The van der Waals surface area contributed by atoms with Gasteiger partial charge in [0.1, 0.15) is 6.07 Å². The number of piperazine rings is 1. The van der Waals surface area contributed by atoms with Gasteiger partial charge in [-0.2, -0.15) is 5.26 Å². The van der Waals surface area contributed by atoms with Crippen molar-refractivity contribution in [1.82, 2.24) is 24.3 Å². The fraction of sp³-hybridized carbons (Fsp3) is 0.400. The molecule has 2 aliphatic heterocycles. The van der Waals surface area contributed by atoms with Gasteiger partial charge in [-0.25, -0.2) is 9.97 Å². The van der Waals surface area contributed by atoms with Crippen LogP contribution in [-0.4, -0.2) is 82.0 Å². The number of amides is 2. The number of carbonyl (C=O) groups is 2. The zero-order chi connectivity index (χ0) is 24.4. The highest BCUT2D eigenvalue weighted by molar-refractivity contribution is 5.97. The highest BCUT2D eigenvalue weighted by Gasteiger charge is 2.28. The number of hydrogen-bond acceptors (Lipinski definition) is 7. The van der Waals surface area contributed by atoms with E-state index < -0.39 is 5.91 Å². The summed E-state index contributed by atoms with van der Waals surface area (Å²) in [6.07, 6.45) is 6.14. The lowest BCUT2D eigenvalue weighted by atomic mass is 10.1. The predicted molar refractivity (Wildman–Crippen MR) is 131 cm³/mol. The number of nitrogens with zero attached hydrogens (tertiary/aromatic N) is 7. The smallest absolute Gasteiger partial charge is 0.248 e. The van der Waals surface area contributed by atoms with E-state index in [-0.39, 0.29) is 5.91 Å². The number of carbonyl (C=O) groups excluding carboxylic acids is 2. The van der Waals surface area contributed by atoms with Gasteiger partial charge in [0.25, 0.3) is 0 Å². The molecular weight excluding hydrogens is 444 g/mol. The Hall–Kier alpha value is -3.97. The van der Waals surface area contributed by atoms with Gasteiger partial charge in [-0.1, -0.05) is 6.07 Å². The number of anilines is 1. The van der Waals surface area contributed by atoms with Gasteiger partial charge in [0.05, 0.1) is 24.5 Å². The standard InChI is InChI=1S/C25H28N8O2/c26-12-19-13-28-25(29-14-19)32-9-7-31(8-10-32)23(34)17-30-5-3-18(15-30)16-33-6-4-20-1-2-21(24(27)35)11-22(20)33/h1-2,4,6,11,13-14,18H,3,5,7-10,15-17H2,(H2,27,35). The molecule has 5 rings (SSSR count). The van der Waals surface area contributed by atoms with Crippen molar-refractivity contribution in [1.29, 1.82) is 5.26 Å². The van der Waals surface area contributed by atoms with Gasteiger partial charge in [0.2, 0.25) is 17.8 Å². The number of benzene rings is 1. The minimum atomic E-state index is -0.421. The highest BCUT2D eigenvalue weighted by Crippen LogP contribution is 2.23. The summed E-state index contributed by atoms with van der Waals surface area (Å²) in [5.74, 6) is 0.777. The van der Waals surface area contributed by atoms with Crippen LogP contribution in [0.4, 0.5) is 5.95 Å². The third-order valence-electron chi connectivity index (χ3n) is 6.92. The molecule has 4 heterocycles. The van der Waals surface area contributed by atoms with Gasteiger partial charge >= 0.3 is 0 Å². The van der Waals surface area contributed by atoms with Crippen LogP contribution in [0.5, 0.6) is 0 Å². The zero-order valence-electron chi connectivity index (χ0n) is 19.5. The fourth-order valence-electron chi connectivity index (χ4n) is 4.97. The molecule has 0 aliphatic carbocycles. The second-order valence-corrected chi connectivity index (χ2v) is 9.25. The Balaban J connectivity index is 1.12. The SMILES string of the molecule is N#Cc1cnc(N2CCN(C(=O)CN3CCC(Cn4ccc5ccc(C(N)=O)cc54)C3)CC2)nc1. The number of nitrogens with two attached hydrogens (primary N) is 1. The van der Waals surface area contributed by atoms with Gasteiger partial charge in [-0.3, -0.25) is 14.5 Å². The van der Waals surface area contributed by atoms with Crippen LogP contribution in [0.25, 0.3) is 10.9 Å². The van der Waals surface area contributed by atoms with Crippen LogP contribution in [0.3, 0.4) is 0 Å². The minimum Gasteiger partial charge on any atom is -0.366 e. The van der Waals surface area contributed by atoms with Crippen molar-refractivity contribution >= 4 is 28.7 Å². The first-order valence-electron chi connectivity index (χ1n) is 11.9. The summed E-state index contributed by atoms with van der Waals surface area (Å²) in [6, 6.07) is 9.62. The zero-order valence-corrected chi connectivity index (χ0v) is 19.5. The number of hydrogen-bond donors (Lipinski definition) is 1. The molecule has 0 spiro atoms. The Bertz CT molecular complexity index is 1270. The van der Waals surface area contributed by atoms with Crippen LogP contribution in [0.2, 0.25) is 0 Å². The van der Waals surface area contributed by atoms with Crippen LogP contribution < -0.4 is 10.6 Å². The Labute approximate surface area is 203 Å². The lowest BCUT2D eigenvalue weighted by Crippen LogP contribution is -2.51. The Kier molecular flexibility index (Phi) is 6.33. The normalized spacial score (nSPS) is 18.7. The average molecular weight is 473 g/mol. The molecule has 2 fully saturated rings. The van der Waals surface area contributed by atoms with E-state index in [2.05, 4.69) is 31.7 Å². The number of fused-ring (bicyclic) bond motifs is 1. The topological polar surface area (TPSA) is 124 Å². The maximum Gasteiger partial charge on any atom is 0.248 e. The van der Waals surface area contributed by atoms with Crippen molar-refractivity contribution in [3.8, 4) is 6.07 Å². The van der Waals surface area contributed by atoms with Gasteiger partial charge < -0.3 is 20.1 Å². The van der Waals surface area contributed by atoms with Crippen LogP contribution in [0, 0.1) is 17.2 Å². The van der Waals surface area contributed by atoms with Crippen LogP contribution in [-0.2, 0) is 11.3 Å². The number of likely N-dealkylation sites (tertiary alicyclic amines) is 1. The molecule has 0 radical (unpaired) electrons. The average Bonchev–Trinajstić information content (AvgIpc) is 3.50. The lowest BCUT2D eigenvalue weighted by Gasteiger charge is -2.35. The van der Waals surface area contributed by atoms with E-state index >= 15 is 0 Å². The lowest BCUT2D eigenvalue weighted by molar-refractivity contribution is -0.132. The van der Waals surface area contributed by atoms with Crippen LogP contribution in [0.1, 0.15) is 22.3 Å². The summed E-state index contributed by atoms with van der Waals surface area (Å²) in [6.45, 7) is 5.68. The Morgan fingerprint density at radius 2 is 1.86 bits per heavy atom. The van der Waals surface area contributed by atoms with Crippen LogP contribution >= 0.6 is 0 Å². The first-order chi connectivity index (χ1) is 17.0. The second kappa shape index (κ2) is 9.72. The van der Waals surface area contributed by atoms with E-state index in [0.29, 0.717) is 55.7 Å². The maximum absolute atomic E-state index is 12.9. The molecule has 1 aromatic carbocycles. The van der Waals surface area contributed by atoms with Crippen LogP contribution in [0.15, 0.2) is 42.9 Å².